The maximum absolute atomic E-state index is 12.6. The number of amides is 3. The quantitative estimate of drug-likeness (QED) is 0.480. The molecule has 34 heavy (non-hydrogen) atoms. The number of benzene rings is 2. The van der Waals surface area contributed by atoms with Crippen LogP contribution in [-0.2, 0) is 20.9 Å². The Morgan fingerprint density at radius 2 is 1.79 bits per heavy atom. The maximum Gasteiger partial charge on any atom is 0.322 e. The summed E-state index contributed by atoms with van der Waals surface area (Å²) in [6.45, 7) is -0.348. The van der Waals surface area contributed by atoms with Crippen molar-refractivity contribution in [2.75, 3.05) is 27.3 Å². The lowest BCUT2D eigenvalue weighted by Crippen LogP contribution is -2.39. The van der Waals surface area contributed by atoms with Crippen LogP contribution in [0.1, 0.15) is 40.4 Å². The van der Waals surface area contributed by atoms with Gasteiger partial charge in [-0.15, -0.1) is 0 Å². The summed E-state index contributed by atoms with van der Waals surface area (Å²) < 4.78 is 10.9. The van der Waals surface area contributed by atoms with Crippen molar-refractivity contribution in [1.29, 1.82) is 0 Å². The molecule has 0 spiro atoms. The van der Waals surface area contributed by atoms with Crippen LogP contribution in [0.15, 0.2) is 42.5 Å². The third-order valence-corrected chi connectivity index (χ3v) is 5.54. The van der Waals surface area contributed by atoms with Crippen molar-refractivity contribution in [1.82, 2.24) is 15.5 Å². The molecule has 1 fully saturated rings. The van der Waals surface area contributed by atoms with E-state index in [2.05, 4.69) is 10.6 Å². The zero-order valence-electron chi connectivity index (χ0n) is 19.0. The number of hydrogen-bond donors (Lipinski definition) is 3. The van der Waals surface area contributed by atoms with Crippen molar-refractivity contribution < 1.29 is 33.8 Å². The largest absolute Gasteiger partial charge is 0.493 e. The van der Waals surface area contributed by atoms with E-state index in [0.717, 1.165) is 11.1 Å². The molecule has 2 aromatic rings. The molecule has 0 radical (unpaired) electrons. The van der Waals surface area contributed by atoms with Crippen molar-refractivity contribution in [3.05, 3.63) is 59.2 Å². The molecule has 2 aromatic carbocycles. The summed E-state index contributed by atoms with van der Waals surface area (Å²) in [5, 5.41) is 13.7. The Labute approximate surface area is 196 Å². The van der Waals surface area contributed by atoms with Gasteiger partial charge in [0, 0.05) is 24.1 Å². The molecule has 0 aliphatic carbocycles. The average molecular weight is 469 g/mol. The highest BCUT2D eigenvalue weighted by molar-refractivity contribution is 5.95. The molecule has 3 amide bonds. The van der Waals surface area contributed by atoms with Gasteiger partial charge in [-0.2, -0.15) is 0 Å². The molecular weight excluding hydrogens is 442 g/mol. The first-order chi connectivity index (χ1) is 16.3. The fraction of sp³-hybridized carbons (Fsp3) is 0.333. The van der Waals surface area contributed by atoms with Crippen molar-refractivity contribution in [3.63, 3.8) is 0 Å². The van der Waals surface area contributed by atoms with Gasteiger partial charge >= 0.3 is 5.97 Å². The smallest absolute Gasteiger partial charge is 0.322 e. The number of rotatable bonds is 10. The highest BCUT2D eigenvalue weighted by atomic mass is 16.5. The van der Waals surface area contributed by atoms with Gasteiger partial charge in [0.2, 0.25) is 11.8 Å². The van der Waals surface area contributed by atoms with Crippen molar-refractivity contribution in [2.24, 2.45) is 0 Å². The fourth-order valence-electron chi connectivity index (χ4n) is 3.87. The predicted molar refractivity (Wildman–Crippen MR) is 121 cm³/mol. The zero-order chi connectivity index (χ0) is 24.7. The van der Waals surface area contributed by atoms with Gasteiger partial charge in [-0.05, 0) is 30.2 Å². The van der Waals surface area contributed by atoms with Crippen LogP contribution in [0.5, 0.6) is 11.5 Å². The van der Waals surface area contributed by atoms with Gasteiger partial charge in [-0.1, -0.05) is 24.3 Å². The topological polar surface area (TPSA) is 134 Å². The molecule has 0 aromatic heterocycles. The number of aliphatic carboxylic acids is 1. The van der Waals surface area contributed by atoms with E-state index in [4.69, 9.17) is 14.6 Å². The van der Waals surface area contributed by atoms with E-state index in [1.54, 1.807) is 42.3 Å². The number of hydrogen-bond acceptors (Lipinski definition) is 6. The second kappa shape index (κ2) is 11.2. The Kier molecular flexibility index (Phi) is 8.07. The number of methoxy groups -OCH3 is 2. The molecule has 1 unspecified atom stereocenters. The summed E-state index contributed by atoms with van der Waals surface area (Å²) in [7, 11) is 3.08. The fourth-order valence-corrected chi connectivity index (χ4v) is 3.87. The van der Waals surface area contributed by atoms with Gasteiger partial charge in [0.1, 0.15) is 13.1 Å². The van der Waals surface area contributed by atoms with E-state index in [9.17, 15) is 19.2 Å². The normalized spacial score (nSPS) is 15.1. The summed E-state index contributed by atoms with van der Waals surface area (Å²) in [5.41, 5.74) is 1.85. The Bertz CT molecular complexity index is 1070. The molecule has 1 heterocycles. The lowest BCUT2D eigenvalue weighted by atomic mass is 10.0. The lowest BCUT2D eigenvalue weighted by molar-refractivity contribution is -0.135. The molecule has 3 N–H and O–H groups in total. The molecule has 10 heteroatoms. The first kappa shape index (κ1) is 24.6. The van der Waals surface area contributed by atoms with Gasteiger partial charge in [0.25, 0.3) is 5.91 Å². The van der Waals surface area contributed by atoms with Gasteiger partial charge in [0.15, 0.2) is 11.5 Å². The number of ether oxygens (including phenoxy) is 2. The first-order valence-corrected chi connectivity index (χ1v) is 10.7. The summed E-state index contributed by atoms with van der Waals surface area (Å²) >= 11 is 0. The number of nitrogens with zero attached hydrogens (tertiary/aromatic N) is 1. The Hall–Kier alpha value is -4.08. The minimum Gasteiger partial charge on any atom is -0.493 e. The molecule has 0 saturated carbocycles. The molecule has 1 saturated heterocycles. The average Bonchev–Trinajstić information content (AvgIpc) is 3.20. The molecule has 1 aliphatic heterocycles. The van der Waals surface area contributed by atoms with Crippen LogP contribution in [-0.4, -0.2) is 61.0 Å². The van der Waals surface area contributed by atoms with Crippen molar-refractivity contribution in [3.8, 4) is 11.5 Å². The van der Waals surface area contributed by atoms with Gasteiger partial charge < -0.3 is 30.1 Å². The zero-order valence-corrected chi connectivity index (χ0v) is 19.0. The highest BCUT2D eigenvalue weighted by Gasteiger charge is 2.35. The number of carbonyl (C=O) groups is 4. The number of carboxylic acid groups (broad SMARTS) is 1. The van der Waals surface area contributed by atoms with Crippen LogP contribution in [0.4, 0.5) is 0 Å². The van der Waals surface area contributed by atoms with Crippen LogP contribution in [0.2, 0.25) is 0 Å². The molecule has 1 atom stereocenters. The Balaban J connectivity index is 1.60. The molecule has 180 valence electrons. The van der Waals surface area contributed by atoms with E-state index < -0.39 is 18.4 Å². The standard InChI is InChI=1S/C24H27N3O7/c1-33-19-5-3-4-17(23(19)34-2)18-10-11-21(29)27(18)14-20(28)25-12-15-6-8-16(9-7-15)24(32)26-13-22(30)31/h3-9,18H,10-14H2,1-2H3,(H,25,28)(H,26,32)(H,30,31). The van der Waals surface area contributed by atoms with Crippen LogP contribution >= 0.6 is 0 Å². The molecular formula is C24H27N3O7. The third-order valence-electron chi connectivity index (χ3n) is 5.54. The monoisotopic (exact) mass is 469 g/mol. The predicted octanol–water partition coefficient (Wildman–Crippen LogP) is 1.50. The van der Waals surface area contributed by atoms with Crippen molar-refractivity contribution in [2.45, 2.75) is 25.4 Å². The highest BCUT2D eigenvalue weighted by Crippen LogP contribution is 2.41. The third kappa shape index (κ3) is 5.83. The van der Waals surface area contributed by atoms with Gasteiger partial charge in [-0.3, -0.25) is 19.2 Å². The minimum absolute atomic E-state index is 0.0977. The molecule has 1 aliphatic rings. The van der Waals surface area contributed by atoms with Crippen LogP contribution in [0, 0.1) is 0 Å². The van der Waals surface area contributed by atoms with Gasteiger partial charge in [0.05, 0.1) is 20.3 Å². The summed E-state index contributed by atoms with van der Waals surface area (Å²) in [5.74, 6) is -0.945. The van der Waals surface area contributed by atoms with E-state index >= 15 is 0 Å². The van der Waals surface area contributed by atoms with Crippen LogP contribution in [0.3, 0.4) is 0 Å². The molecule has 0 bridgehead atoms. The maximum atomic E-state index is 12.6. The van der Waals surface area contributed by atoms with Crippen LogP contribution in [0.25, 0.3) is 0 Å². The number of para-hydroxylation sites is 1. The SMILES string of the molecule is COc1cccc(C2CCC(=O)N2CC(=O)NCc2ccc(C(=O)NCC(=O)O)cc2)c1OC. The Morgan fingerprint density at radius 1 is 1.06 bits per heavy atom. The minimum atomic E-state index is -1.13. The lowest BCUT2D eigenvalue weighted by Gasteiger charge is -2.26. The number of likely N-dealkylation sites (tertiary alicyclic amines) is 1. The number of nitrogens with one attached hydrogen (secondary N) is 2. The molecule has 3 rings (SSSR count). The van der Waals surface area contributed by atoms with Gasteiger partial charge in [-0.25, -0.2) is 0 Å². The summed E-state index contributed by atoms with van der Waals surface area (Å²) in [6, 6.07) is 11.6. The molecule has 10 nitrogen and oxygen atoms in total. The van der Waals surface area contributed by atoms with Crippen molar-refractivity contribution >= 4 is 23.7 Å². The van der Waals surface area contributed by atoms with E-state index in [0.29, 0.717) is 29.9 Å². The van der Waals surface area contributed by atoms with Crippen LogP contribution < -0.4 is 20.1 Å². The first-order valence-electron chi connectivity index (χ1n) is 10.7. The Morgan fingerprint density at radius 3 is 2.44 bits per heavy atom. The number of carboxylic acids is 1. The second-order valence-electron chi connectivity index (χ2n) is 7.71. The number of carbonyl (C=O) groups excluding carboxylic acids is 3. The van der Waals surface area contributed by atoms with E-state index in [1.165, 1.54) is 7.11 Å². The summed E-state index contributed by atoms with van der Waals surface area (Å²) in [6.07, 6.45) is 0.908. The van der Waals surface area contributed by atoms with E-state index in [-0.39, 0.29) is 30.9 Å². The van der Waals surface area contributed by atoms with E-state index in [1.807, 2.05) is 12.1 Å². The second-order valence-corrected chi connectivity index (χ2v) is 7.71. The summed E-state index contributed by atoms with van der Waals surface area (Å²) in [4.78, 5) is 49.1.